The van der Waals surface area contributed by atoms with E-state index in [1.54, 1.807) is 13.8 Å². The first kappa shape index (κ1) is 15.1. The van der Waals surface area contributed by atoms with Crippen molar-refractivity contribution in [2.24, 2.45) is 0 Å². The fraction of sp³-hybridized carbons (Fsp3) is 1.00. The van der Waals surface area contributed by atoms with Crippen LogP contribution in [0.3, 0.4) is 0 Å². The summed E-state index contributed by atoms with van der Waals surface area (Å²) in [6.45, 7) is 8.26. The van der Waals surface area contributed by atoms with Gasteiger partial charge in [-0.2, -0.15) is 0 Å². The van der Waals surface area contributed by atoms with Crippen LogP contribution in [0.4, 0.5) is 0 Å². The summed E-state index contributed by atoms with van der Waals surface area (Å²) in [6, 6.07) is 0. The molecule has 1 saturated heterocycles. The highest BCUT2D eigenvalue weighted by molar-refractivity contribution is 7.53. The van der Waals surface area contributed by atoms with Crippen LogP contribution in [-0.2, 0) is 23.1 Å². The van der Waals surface area contributed by atoms with E-state index in [2.05, 4.69) is 0 Å². The van der Waals surface area contributed by atoms with E-state index >= 15 is 0 Å². The maximum absolute atomic E-state index is 12.3. The third-order valence-electron chi connectivity index (χ3n) is 2.46. The molecular weight excluding hydrogens is 243 g/mol. The molecule has 1 fully saturated rings. The Morgan fingerprint density at radius 2 is 1.59 bits per heavy atom. The zero-order chi connectivity index (χ0) is 12.9. The second kappa shape index (κ2) is 6.86. The predicted molar refractivity (Wildman–Crippen MR) is 65.2 cm³/mol. The van der Waals surface area contributed by atoms with Crippen LogP contribution >= 0.6 is 7.60 Å². The second-order valence-corrected chi connectivity index (χ2v) is 6.29. The van der Waals surface area contributed by atoms with Crippen LogP contribution in [-0.4, -0.2) is 37.9 Å². The van der Waals surface area contributed by atoms with E-state index < -0.39 is 13.9 Å². The quantitative estimate of drug-likeness (QED) is 0.692. The molecule has 2 unspecified atom stereocenters. The summed E-state index contributed by atoms with van der Waals surface area (Å²) < 4.78 is 33.9. The molecule has 0 saturated carbocycles. The largest absolute Gasteiger partial charge is 0.349 e. The average Bonchev–Trinajstić information content (AvgIpc) is 2.15. The van der Waals surface area contributed by atoms with Gasteiger partial charge in [-0.25, -0.2) is 0 Å². The molecule has 0 amide bonds. The van der Waals surface area contributed by atoms with Gasteiger partial charge in [0.15, 0.2) is 6.29 Å². The van der Waals surface area contributed by atoms with Crippen molar-refractivity contribution in [1.82, 2.24) is 0 Å². The Morgan fingerprint density at radius 1 is 1.12 bits per heavy atom. The minimum atomic E-state index is -3.09. The number of hydrogen-bond donors (Lipinski definition) is 0. The normalized spacial score (nSPS) is 30.5. The number of rotatable bonds is 6. The number of hydrogen-bond acceptors (Lipinski definition) is 5. The lowest BCUT2D eigenvalue weighted by atomic mass is 10.2. The Kier molecular flexibility index (Phi) is 6.10. The van der Waals surface area contributed by atoms with E-state index in [4.69, 9.17) is 18.5 Å². The topological polar surface area (TPSA) is 54.0 Å². The van der Waals surface area contributed by atoms with Crippen LogP contribution in [0.1, 0.15) is 34.1 Å². The molecule has 2 atom stereocenters. The molecule has 102 valence electrons. The molecule has 1 heterocycles. The summed E-state index contributed by atoms with van der Waals surface area (Å²) in [5.41, 5.74) is 0. The van der Waals surface area contributed by atoms with Gasteiger partial charge in [0.1, 0.15) is 6.16 Å². The first-order valence-corrected chi connectivity index (χ1v) is 7.91. The molecule has 17 heavy (non-hydrogen) atoms. The fourth-order valence-electron chi connectivity index (χ4n) is 1.93. The molecule has 1 aliphatic heterocycles. The monoisotopic (exact) mass is 266 g/mol. The van der Waals surface area contributed by atoms with E-state index in [0.29, 0.717) is 13.2 Å². The first-order valence-electron chi connectivity index (χ1n) is 6.18. The standard InChI is InChI=1S/C11H23O5P/c1-5-13-17(12,14-6-2)8-11-15-9(3)7-10(4)16-11/h9-11H,5-8H2,1-4H3. The second-order valence-electron chi connectivity index (χ2n) is 4.19. The van der Waals surface area contributed by atoms with Gasteiger partial charge in [0.05, 0.1) is 25.4 Å². The van der Waals surface area contributed by atoms with Gasteiger partial charge in [0, 0.05) is 0 Å². The van der Waals surface area contributed by atoms with E-state index in [0.717, 1.165) is 6.42 Å². The zero-order valence-electron chi connectivity index (χ0n) is 11.0. The average molecular weight is 266 g/mol. The molecule has 0 radical (unpaired) electrons. The summed E-state index contributed by atoms with van der Waals surface area (Å²) in [7, 11) is -3.09. The van der Waals surface area contributed by atoms with Crippen molar-refractivity contribution in [1.29, 1.82) is 0 Å². The van der Waals surface area contributed by atoms with E-state index in [9.17, 15) is 4.57 Å². The van der Waals surface area contributed by atoms with Gasteiger partial charge in [0.25, 0.3) is 0 Å². The van der Waals surface area contributed by atoms with E-state index in [1.165, 1.54) is 0 Å². The first-order chi connectivity index (χ1) is 7.99. The minimum Gasteiger partial charge on any atom is -0.349 e. The Bertz CT molecular complexity index is 251. The highest BCUT2D eigenvalue weighted by Gasteiger charge is 2.34. The van der Waals surface area contributed by atoms with Gasteiger partial charge in [-0.1, -0.05) is 0 Å². The summed E-state index contributed by atoms with van der Waals surface area (Å²) in [5, 5.41) is 0. The molecule has 0 bridgehead atoms. The summed E-state index contributed by atoms with van der Waals surface area (Å²) >= 11 is 0. The third kappa shape index (κ3) is 5.06. The Hall–Kier alpha value is 0.0700. The molecule has 0 spiro atoms. The van der Waals surface area contributed by atoms with Gasteiger partial charge < -0.3 is 18.5 Å². The molecule has 0 aliphatic carbocycles. The summed E-state index contributed by atoms with van der Waals surface area (Å²) in [4.78, 5) is 0. The molecule has 0 aromatic rings. The summed E-state index contributed by atoms with van der Waals surface area (Å²) in [5.74, 6) is 0. The Morgan fingerprint density at radius 3 is 2.00 bits per heavy atom. The number of ether oxygens (including phenoxy) is 2. The molecule has 5 nitrogen and oxygen atoms in total. The van der Waals surface area contributed by atoms with Crippen molar-refractivity contribution >= 4 is 7.60 Å². The summed E-state index contributed by atoms with van der Waals surface area (Å²) in [6.07, 6.45) is 0.728. The predicted octanol–water partition coefficient (Wildman–Crippen LogP) is 2.79. The van der Waals surface area contributed by atoms with Crippen molar-refractivity contribution in [3.63, 3.8) is 0 Å². The van der Waals surface area contributed by atoms with Crippen molar-refractivity contribution in [2.75, 3.05) is 19.4 Å². The van der Waals surface area contributed by atoms with Crippen LogP contribution in [0.2, 0.25) is 0 Å². The molecule has 0 aromatic carbocycles. The smallest absolute Gasteiger partial charge is 0.335 e. The maximum Gasteiger partial charge on any atom is 0.335 e. The van der Waals surface area contributed by atoms with Gasteiger partial charge in [-0.15, -0.1) is 0 Å². The molecule has 0 aromatic heterocycles. The SMILES string of the molecule is CCOP(=O)(CC1OC(C)CC(C)O1)OCC. The fourth-order valence-corrected chi connectivity index (χ4v) is 3.54. The molecular formula is C11H23O5P. The highest BCUT2D eigenvalue weighted by atomic mass is 31.2. The molecule has 0 N–H and O–H groups in total. The lowest BCUT2D eigenvalue weighted by molar-refractivity contribution is -0.224. The van der Waals surface area contributed by atoms with Crippen molar-refractivity contribution in [2.45, 2.75) is 52.6 Å². The minimum absolute atomic E-state index is 0.112. The zero-order valence-corrected chi connectivity index (χ0v) is 11.9. The van der Waals surface area contributed by atoms with Gasteiger partial charge in [0.2, 0.25) is 0 Å². The van der Waals surface area contributed by atoms with Gasteiger partial charge in [-0.3, -0.25) is 4.57 Å². The highest BCUT2D eigenvalue weighted by Crippen LogP contribution is 2.49. The Balaban J connectivity index is 2.57. The van der Waals surface area contributed by atoms with Crippen LogP contribution in [0.25, 0.3) is 0 Å². The van der Waals surface area contributed by atoms with Crippen molar-refractivity contribution < 1.29 is 23.1 Å². The van der Waals surface area contributed by atoms with Gasteiger partial charge in [-0.05, 0) is 34.1 Å². The van der Waals surface area contributed by atoms with Crippen molar-refractivity contribution in [3.05, 3.63) is 0 Å². The van der Waals surface area contributed by atoms with Crippen LogP contribution in [0.5, 0.6) is 0 Å². The van der Waals surface area contributed by atoms with Crippen molar-refractivity contribution in [3.8, 4) is 0 Å². The van der Waals surface area contributed by atoms with Crippen LogP contribution < -0.4 is 0 Å². The lowest BCUT2D eigenvalue weighted by Crippen LogP contribution is -2.37. The Labute approximate surface area is 103 Å². The van der Waals surface area contributed by atoms with E-state index in [1.807, 2.05) is 13.8 Å². The lowest BCUT2D eigenvalue weighted by Gasteiger charge is -2.33. The maximum atomic E-state index is 12.3. The van der Waals surface area contributed by atoms with Crippen LogP contribution in [0.15, 0.2) is 0 Å². The third-order valence-corrected chi connectivity index (χ3v) is 4.50. The van der Waals surface area contributed by atoms with Gasteiger partial charge >= 0.3 is 7.60 Å². The molecule has 6 heteroatoms. The molecule has 1 aliphatic rings. The van der Waals surface area contributed by atoms with Crippen LogP contribution in [0, 0.1) is 0 Å². The van der Waals surface area contributed by atoms with E-state index in [-0.39, 0.29) is 18.4 Å². The molecule has 1 rings (SSSR count).